The quantitative estimate of drug-likeness (QED) is 0.749. The number of nitrogens with one attached hydrogen (secondary N) is 1. The van der Waals surface area contributed by atoms with Crippen molar-refractivity contribution >= 4 is 28.5 Å². The Morgan fingerprint density at radius 2 is 1.87 bits per heavy atom. The lowest BCUT2D eigenvalue weighted by molar-refractivity contribution is -0.115. The number of benzene rings is 2. The van der Waals surface area contributed by atoms with E-state index in [4.69, 9.17) is 9.26 Å². The molecule has 2 aromatic carbocycles. The van der Waals surface area contributed by atoms with Crippen molar-refractivity contribution in [1.29, 1.82) is 0 Å². The SMILES string of the molecule is COC(=O)c1ccccc1NC(=O)Cc1noc2ccccc12. The van der Waals surface area contributed by atoms with E-state index in [0.29, 0.717) is 22.5 Å². The molecule has 0 saturated carbocycles. The summed E-state index contributed by atoms with van der Waals surface area (Å²) < 4.78 is 9.88. The van der Waals surface area contributed by atoms with Crippen LogP contribution in [0.15, 0.2) is 53.1 Å². The van der Waals surface area contributed by atoms with Crippen molar-refractivity contribution < 1.29 is 18.8 Å². The normalized spacial score (nSPS) is 10.5. The summed E-state index contributed by atoms with van der Waals surface area (Å²) in [6, 6.07) is 14.0. The zero-order chi connectivity index (χ0) is 16.2. The van der Waals surface area contributed by atoms with Crippen LogP contribution in [0.25, 0.3) is 11.0 Å². The third-order valence-corrected chi connectivity index (χ3v) is 3.39. The van der Waals surface area contributed by atoms with Crippen molar-refractivity contribution in [2.24, 2.45) is 0 Å². The molecule has 1 heterocycles. The monoisotopic (exact) mass is 310 g/mol. The van der Waals surface area contributed by atoms with Gasteiger partial charge in [-0.05, 0) is 24.3 Å². The van der Waals surface area contributed by atoms with E-state index in [1.807, 2.05) is 18.2 Å². The molecule has 0 aliphatic carbocycles. The maximum atomic E-state index is 12.2. The Labute approximate surface area is 132 Å². The fourth-order valence-corrected chi connectivity index (χ4v) is 2.29. The highest BCUT2D eigenvalue weighted by atomic mass is 16.5. The number of ether oxygens (including phenoxy) is 1. The Kier molecular flexibility index (Phi) is 4.05. The number of rotatable bonds is 4. The van der Waals surface area contributed by atoms with Gasteiger partial charge in [-0.3, -0.25) is 4.79 Å². The largest absolute Gasteiger partial charge is 0.465 e. The molecule has 1 aromatic heterocycles. The smallest absolute Gasteiger partial charge is 0.339 e. The van der Waals surface area contributed by atoms with Crippen LogP contribution >= 0.6 is 0 Å². The lowest BCUT2D eigenvalue weighted by Gasteiger charge is -2.08. The van der Waals surface area contributed by atoms with Gasteiger partial charge in [0.1, 0.15) is 5.69 Å². The Hall–Kier alpha value is -3.15. The van der Waals surface area contributed by atoms with E-state index in [1.54, 1.807) is 30.3 Å². The molecule has 0 atom stereocenters. The lowest BCUT2D eigenvalue weighted by Crippen LogP contribution is -2.17. The molecule has 0 spiro atoms. The number of para-hydroxylation sites is 2. The highest BCUT2D eigenvalue weighted by Crippen LogP contribution is 2.20. The van der Waals surface area contributed by atoms with Crippen LogP contribution in [0.2, 0.25) is 0 Å². The van der Waals surface area contributed by atoms with Gasteiger partial charge in [0.15, 0.2) is 5.58 Å². The number of hydrogen-bond acceptors (Lipinski definition) is 5. The molecule has 0 aliphatic heterocycles. The van der Waals surface area contributed by atoms with Crippen molar-refractivity contribution in [3.8, 4) is 0 Å². The number of fused-ring (bicyclic) bond motifs is 1. The number of carbonyl (C=O) groups excluding carboxylic acids is 2. The zero-order valence-corrected chi connectivity index (χ0v) is 12.4. The highest BCUT2D eigenvalue weighted by molar-refractivity contribution is 6.02. The number of esters is 1. The molecule has 6 nitrogen and oxygen atoms in total. The number of nitrogens with zero attached hydrogens (tertiary/aromatic N) is 1. The summed E-state index contributed by atoms with van der Waals surface area (Å²) >= 11 is 0. The minimum absolute atomic E-state index is 0.0481. The third-order valence-electron chi connectivity index (χ3n) is 3.39. The van der Waals surface area contributed by atoms with Crippen LogP contribution in [-0.4, -0.2) is 24.1 Å². The van der Waals surface area contributed by atoms with Crippen LogP contribution in [0.5, 0.6) is 0 Å². The van der Waals surface area contributed by atoms with Crippen molar-refractivity contribution in [3.63, 3.8) is 0 Å². The first kappa shape index (κ1) is 14.8. The van der Waals surface area contributed by atoms with E-state index >= 15 is 0 Å². The van der Waals surface area contributed by atoms with Gasteiger partial charge in [0.25, 0.3) is 0 Å². The second-order valence-corrected chi connectivity index (χ2v) is 4.89. The third kappa shape index (κ3) is 3.06. The first-order valence-electron chi connectivity index (χ1n) is 6.99. The molecule has 6 heteroatoms. The Balaban J connectivity index is 1.79. The second kappa shape index (κ2) is 6.31. The minimum atomic E-state index is -0.507. The summed E-state index contributed by atoms with van der Waals surface area (Å²) in [5, 5.41) is 7.43. The second-order valence-electron chi connectivity index (χ2n) is 4.89. The summed E-state index contributed by atoms with van der Waals surface area (Å²) in [7, 11) is 1.29. The summed E-state index contributed by atoms with van der Waals surface area (Å²) in [5.74, 6) is -0.798. The van der Waals surface area contributed by atoms with Crippen LogP contribution in [0.4, 0.5) is 5.69 Å². The van der Waals surface area contributed by atoms with Gasteiger partial charge < -0.3 is 14.6 Å². The molecule has 0 bridgehead atoms. The predicted molar refractivity (Wildman–Crippen MR) is 84.1 cm³/mol. The molecule has 1 amide bonds. The van der Waals surface area contributed by atoms with Crippen LogP contribution in [-0.2, 0) is 16.0 Å². The molecule has 0 saturated heterocycles. The maximum absolute atomic E-state index is 12.2. The number of anilines is 1. The first-order valence-corrected chi connectivity index (χ1v) is 6.99. The standard InChI is InChI=1S/C17H14N2O4/c1-22-17(21)12-7-2-4-8-13(12)18-16(20)10-14-11-6-3-5-9-15(11)23-19-14/h2-9H,10H2,1H3,(H,18,20). The summed E-state index contributed by atoms with van der Waals surface area (Å²) in [4.78, 5) is 23.9. The van der Waals surface area contributed by atoms with Gasteiger partial charge in [0.05, 0.1) is 24.8 Å². The average Bonchev–Trinajstić information content (AvgIpc) is 2.98. The molecular formula is C17H14N2O4. The summed E-state index contributed by atoms with van der Waals surface area (Å²) in [6.45, 7) is 0. The van der Waals surface area contributed by atoms with Gasteiger partial charge in [0, 0.05) is 5.39 Å². The topological polar surface area (TPSA) is 81.4 Å². The average molecular weight is 310 g/mol. The van der Waals surface area contributed by atoms with Gasteiger partial charge in [-0.1, -0.05) is 29.4 Å². The highest BCUT2D eigenvalue weighted by Gasteiger charge is 2.16. The number of aromatic nitrogens is 1. The van der Waals surface area contributed by atoms with Crippen LogP contribution in [0.3, 0.4) is 0 Å². The van der Waals surface area contributed by atoms with E-state index in [9.17, 15) is 9.59 Å². The number of methoxy groups -OCH3 is 1. The number of hydrogen-bond donors (Lipinski definition) is 1. The fourth-order valence-electron chi connectivity index (χ4n) is 2.29. The molecule has 3 aromatic rings. The Morgan fingerprint density at radius 1 is 1.13 bits per heavy atom. The van der Waals surface area contributed by atoms with Crippen LogP contribution < -0.4 is 5.32 Å². The van der Waals surface area contributed by atoms with Crippen LogP contribution in [0, 0.1) is 0 Å². The Bertz CT molecular complexity index is 870. The zero-order valence-electron chi connectivity index (χ0n) is 12.4. The van der Waals surface area contributed by atoms with Gasteiger partial charge in [-0.25, -0.2) is 4.79 Å². The summed E-state index contributed by atoms with van der Waals surface area (Å²) in [6.07, 6.45) is 0.0481. The molecule has 116 valence electrons. The molecule has 0 fully saturated rings. The molecule has 0 aliphatic rings. The van der Waals surface area contributed by atoms with E-state index < -0.39 is 5.97 Å². The molecule has 3 rings (SSSR count). The van der Waals surface area contributed by atoms with E-state index in [1.165, 1.54) is 7.11 Å². The van der Waals surface area contributed by atoms with E-state index in [0.717, 1.165) is 5.39 Å². The molecule has 1 N–H and O–H groups in total. The van der Waals surface area contributed by atoms with Crippen molar-refractivity contribution in [2.45, 2.75) is 6.42 Å². The first-order chi connectivity index (χ1) is 11.2. The van der Waals surface area contributed by atoms with Gasteiger partial charge >= 0.3 is 5.97 Å². The van der Waals surface area contributed by atoms with Gasteiger partial charge in [-0.15, -0.1) is 0 Å². The summed E-state index contributed by atoms with van der Waals surface area (Å²) in [5.41, 5.74) is 1.88. The van der Waals surface area contributed by atoms with Crippen molar-refractivity contribution in [1.82, 2.24) is 5.16 Å². The predicted octanol–water partition coefficient (Wildman–Crippen LogP) is 2.80. The van der Waals surface area contributed by atoms with E-state index in [2.05, 4.69) is 10.5 Å². The minimum Gasteiger partial charge on any atom is -0.465 e. The van der Waals surface area contributed by atoms with Gasteiger partial charge in [-0.2, -0.15) is 0 Å². The molecule has 0 unspecified atom stereocenters. The van der Waals surface area contributed by atoms with Crippen molar-refractivity contribution in [3.05, 3.63) is 59.8 Å². The fraction of sp³-hybridized carbons (Fsp3) is 0.118. The van der Waals surface area contributed by atoms with E-state index in [-0.39, 0.29) is 12.3 Å². The molecular weight excluding hydrogens is 296 g/mol. The number of amides is 1. The van der Waals surface area contributed by atoms with Crippen molar-refractivity contribution in [2.75, 3.05) is 12.4 Å². The lowest BCUT2D eigenvalue weighted by atomic mass is 10.1. The molecule has 23 heavy (non-hydrogen) atoms. The maximum Gasteiger partial charge on any atom is 0.339 e. The van der Waals surface area contributed by atoms with Gasteiger partial charge in [0.2, 0.25) is 5.91 Å². The van der Waals surface area contributed by atoms with Crippen LogP contribution in [0.1, 0.15) is 16.1 Å². The Morgan fingerprint density at radius 3 is 2.70 bits per heavy atom. The molecule has 0 radical (unpaired) electrons. The number of carbonyl (C=O) groups is 2.